The molecule has 0 fully saturated rings. The van der Waals surface area contributed by atoms with E-state index in [1.54, 1.807) is 6.92 Å². The maximum atomic E-state index is 15.1. The second-order valence-electron chi connectivity index (χ2n) is 13.0. The van der Waals surface area contributed by atoms with Crippen LogP contribution in [0.4, 0.5) is 11.4 Å². The molecule has 3 unspecified atom stereocenters. The van der Waals surface area contributed by atoms with E-state index in [0.717, 1.165) is 0 Å². The van der Waals surface area contributed by atoms with Crippen LogP contribution in [-0.4, -0.2) is 78.3 Å². The highest BCUT2D eigenvalue weighted by Gasteiger charge is 2.38. The van der Waals surface area contributed by atoms with Crippen molar-refractivity contribution in [3.63, 3.8) is 0 Å². The Kier molecular flexibility index (Phi) is 9.05. The molecule has 0 spiro atoms. The number of phenolic OH excluding ortho intramolecular Hbond substituents is 1. The molecule has 0 bridgehead atoms. The van der Waals surface area contributed by atoms with Crippen molar-refractivity contribution in [2.45, 2.75) is 44.7 Å². The number of phenols is 1. The fraction of sp³-hybridized carbons (Fsp3) is 0.270. The lowest BCUT2D eigenvalue weighted by Gasteiger charge is -2.26. The van der Waals surface area contributed by atoms with E-state index in [1.165, 1.54) is 46.5 Å². The van der Waals surface area contributed by atoms with Crippen molar-refractivity contribution < 1.29 is 53.5 Å². The largest absolute Gasteiger partial charge is 0.507 e. The Labute approximate surface area is 303 Å². The Morgan fingerprint density at radius 3 is 1.78 bits per heavy atom. The highest BCUT2D eigenvalue weighted by Crippen LogP contribution is 2.56. The number of benzene rings is 5. The molecule has 0 aromatic heterocycles. The molecule has 1 aliphatic rings. The molecular weight excluding hydrogens is 708 g/mol. The average molecular weight is 743 g/mol. The van der Waals surface area contributed by atoms with Gasteiger partial charge in [0.05, 0.1) is 62.2 Å². The molecule has 5 aromatic rings. The number of ketones is 1. The van der Waals surface area contributed by atoms with E-state index >= 15 is 4.79 Å². The summed E-state index contributed by atoms with van der Waals surface area (Å²) in [5.41, 5.74) is 8.89. The molecule has 1 aliphatic carbocycles. The van der Waals surface area contributed by atoms with Gasteiger partial charge in [-0.05, 0) is 19.2 Å². The van der Waals surface area contributed by atoms with E-state index in [-0.39, 0.29) is 77.2 Å². The maximum absolute atomic E-state index is 15.1. The molecular formula is C37H34N4O13. The molecule has 54 heavy (non-hydrogen) atoms. The zero-order valence-corrected chi connectivity index (χ0v) is 29.5. The second kappa shape index (κ2) is 13.3. The third kappa shape index (κ3) is 5.43. The maximum Gasteiger partial charge on any atom is 0.326 e. The monoisotopic (exact) mass is 742 g/mol. The number of hydrogen-bond donors (Lipinski definition) is 7. The number of carbonyl (C=O) groups excluding carboxylic acids is 3. The van der Waals surface area contributed by atoms with Crippen molar-refractivity contribution in [3.05, 3.63) is 49.3 Å². The number of aliphatic carboxylic acids is 2. The summed E-state index contributed by atoms with van der Waals surface area (Å²) in [5.74, 6) is -7.45. The van der Waals surface area contributed by atoms with Gasteiger partial charge in [0.15, 0.2) is 5.75 Å². The van der Waals surface area contributed by atoms with Gasteiger partial charge in [0.1, 0.15) is 35.1 Å². The number of anilines is 2. The third-order valence-corrected chi connectivity index (χ3v) is 9.72. The van der Waals surface area contributed by atoms with E-state index < -0.39 is 82.7 Å². The van der Waals surface area contributed by atoms with Gasteiger partial charge in [-0.2, -0.15) is 0 Å². The van der Waals surface area contributed by atoms with Gasteiger partial charge in [-0.25, -0.2) is 9.59 Å². The molecule has 6 rings (SSSR count). The van der Waals surface area contributed by atoms with Gasteiger partial charge in [-0.1, -0.05) is 11.6 Å². The number of aromatic hydroxyl groups is 1. The van der Waals surface area contributed by atoms with Crippen LogP contribution in [0.25, 0.3) is 49.2 Å². The van der Waals surface area contributed by atoms with Crippen LogP contribution >= 0.6 is 0 Å². The van der Waals surface area contributed by atoms with E-state index in [0.29, 0.717) is 5.57 Å². The van der Waals surface area contributed by atoms with Gasteiger partial charge in [0, 0.05) is 50.2 Å². The van der Waals surface area contributed by atoms with Crippen LogP contribution < -0.4 is 47.2 Å². The molecule has 5 aromatic carbocycles. The van der Waals surface area contributed by atoms with Crippen LogP contribution in [0.15, 0.2) is 27.3 Å². The Hall–Kier alpha value is -6.91. The van der Waals surface area contributed by atoms with Crippen molar-refractivity contribution >= 4 is 90.1 Å². The summed E-state index contributed by atoms with van der Waals surface area (Å²) in [6, 6.07) is -0.956. The first-order valence-corrected chi connectivity index (χ1v) is 16.3. The predicted molar refractivity (Wildman–Crippen MR) is 197 cm³/mol. The molecule has 0 radical (unpaired) electrons. The van der Waals surface area contributed by atoms with Crippen molar-refractivity contribution in [1.82, 2.24) is 0 Å². The summed E-state index contributed by atoms with van der Waals surface area (Å²) in [6.45, 7) is 2.86. The number of hydrogen-bond acceptors (Lipinski definition) is 13. The topological polar surface area (TPSA) is 284 Å². The lowest BCUT2D eigenvalue weighted by Crippen LogP contribution is -2.36. The molecule has 0 aliphatic heterocycles. The number of primary amides is 2. The quantitative estimate of drug-likeness (QED) is 0.0634. The van der Waals surface area contributed by atoms with Crippen LogP contribution in [0, 0.1) is 0 Å². The van der Waals surface area contributed by atoms with Crippen molar-refractivity contribution in [3.8, 4) is 23.0 Å². The van der Waals surface area contributed by atoms with Crippen molar-refractivity contribution in [2.75, 3.05) is 32.0 Å². The Morgan fingerprint density at radius 2 is 1.28 bits per heavy atom. The fourth-order valence-electron chi connectivity index (χ4n) is 7.70. The molecule has 3 atom stereocenters. The molecule has 2 amide bonds. The summed E-state index contributed by atoms with van der Waals surface area (Å²) in [6.07, 6.45) is -0.00489. The van der Waals surface area contributed by atoms with Crippen molar-refractivity contribution in [1.29, 1.82) is 0 Å². The molecule has 9 N–H and O–H groups in total. The summed E-state index contributed by atoms with van der Waals surface area (Å²) >= 11 is 0. The van der Waals surface area contributed by atoms with E-state index in [9.17, 15) is 44.1 Å². The number of carbonyl (C=O) groups is 5. The minimum atomic E-state index is -1.76. The normalized spacial score (nSPS) is 14.8. The number of rotatable bonds is 14. The number of nitrogens with two attached hydrogens (primary N) is 2. The van der Waals surface area contributed by atoms with Crippen LogP contribution in [0.5, 0.6) is 23.0 Å². The van der Waals surface area contributed by atoms with E-state index in [4.69, 9.17) is 25.7 Å². The summed E-state index contributed by atoms with van der Waals surface area (Å²) in [4.78, 5) is 91.8. The zero-order valence-electron chi connectivity index (χ0n) is 29.5. The first-order chi connectivity index (χ1) is 25.5. The highest BCUT2D eigenvalue weighted by molar-refractivity contribution is 6.40. The minimum absolute atomic E-state index is 0.0153. The van der Waals surface area contributed by atoms with E-state index in [1.807, 2.05) is 0 Å². The van der Waals surface area contributed by atoms with Gasteiger partial charge >= 0.3 is 11.9 Å². The first kappa shape index (κ1) is 36.9. The average Bonchev–Trinajstić information content (AvgIpc) is 3.22. The van der Waals surface area contributed by atoms with Crippen molar-refractivity contribution in [2.24, 2.45) is 11.5 Å². The van der Waals surface area contributed by atoms with Gasteiger partial charge in [0.2, 0.25) is 22.7 Å². The SMILES string of the molecule is COc1c2c3c4c(c(NC(CC(N)=O)C(=O)O)c(=O)c5c(NC(CC(N)=O)C(=O)O)cc(OC)c(c6c(OC)cc(O)c(c1=O)c63)c54)C=C(C)C2C(C)=O. The van der Waals surface area contributed by atoms with Crippen LogP contribution in [0.2, 0.25) is 0 Å². The Balaban J connectivity index is 2.04. The van der Waals surface area contributed by atoms with Crippen LogP contribution in [-0.2, 0) is 24.0 Å². The van der Waals surface area contributed by atoms with Gasteiger partial charge in [-0.15, -0.1) is 0 Å². The number of carboxylic acids is 2. The summed E-state index contributed by atoms with van der Waals surface area (Å²) in [5, 5.41) is 37.3. The Bertz CT molecular complexity index is 2650. The number of carboxylic acid groups (broad SMARTS) is 2. The zero-order chi connectivity index (χ0) is 39.7. The highest BCUT2D eigenvalue weighted by atomic mass is 16.5. The molecule has 0 saturated carbocycles. The lowest BCUT2D eigenvalue weighted by atomic mass is 9.80. The van der Waals surface area contributed by atoms with Gasteiger partial charge in [0.25, 0.3) is 0 Å². The Morgan fingerprint density at radius 1 is 0.741 bits per heavy atom. The standard InChI is InChI=1S/C37H34N4O13/c1-11-6-13-23-28-24(33(46)32(13)41-16(37(50)51)9-21(39)45)14(40-15(36(48)49)8-20(38)44)7-18(52-3)26(28)27-19(53-4)10-17(43)25-30(27)29(23)31(22(11)12(2)42)35(54-5)34(25)47/h6-7,10,15-16,22,40-41,43H,8-9H2,1-5H3,(H2,38,44)(H2,39,45)(H,48,49)(H,50,51). The first-order valence-electron chi connectivity index (χ1n) is 16.3. The number of ether oxygens (including phenoxy) is 3. The summed E-state index contributed by atoms with van der Waals surface area (Å²) in [7, 11) is 3.81. The number of amides is 2. The molecule has 17 heteroatoms. The van der Waals surface area contributed by atoms with E-state index in [2.05, 4.69) is 10.6 Å². The third-order valence-electron chi connectivity index (χ3n) is 9.72. The van der Waals surface area contributed by atoms with Crippen LogP contribution in [0.1, 0.15) is 43.7 Å². The van der Waals surface area contributed by atoms with Gasteiger partial charge in [-0.3, -0.25) is 24.0 Å². The van der Waals surface area contributed by atoms with Gasteiger partial charge < -0.3 is 51.6 Å². The number of Topliss-reactive ketones (excluding diaryl/α,β-unsaturated/α-hetero) is 1. The smallest absolute Gasteiger partial charge is 0.326 e. The molecule has 0 saturated heterocycles. The number of methoxy groups -OCH3 is 3. The molecule has 0 heterocycles. The minimum Gasteiger partial charge on any atom is -0.507 e. The summed E-state index contributed by atoms with van der Waals surface area (Å²) < 4.78 is 17.3. The number of nitrogens with one attached hydrogen (secondary N) is 2. The van der Waals surface area contributed by atoms with Crippen LogP contribution in [0.3, 0.4) is 0 Å². The number of fused-ring (bicyclic) bond motifs is 1. The second-order valence-corrected chi connectivity index (χ2v) is 13.0. The fourth-order valence-corrected chi connectivity index (χ4v) is 7.70. The lowest BCUT2D eigenvalue weighted by molar-refractivity contribution is -0.140. The predicted octanol–water partition coefficient (Wildman–Crippen LogP) is 2.20. The molecule has 280 valence electrons. The molecule has 17 nitrogen and oxygen atoms in total. The number of allylic oxidation sites excluding steroid dienone is 1.